The second-order valence-electron chi connectivity index (χ2n) is 3.43. The van der Waals surface area contributed by atoms with Crippen LogP contribution in [0.5, 0.6) is 0 Å². The van der Waals surface area contributed by atoms with Gasteiger partial charge in [-0.25, -0.2) is 0 Å². The minimum Gasteiger partial charge on any atom is -0.387 e. The smallest absolute Gasteiger partial charge is 0.0982 e. The van der Waals surface area contributed by atoms with Crippen LogP contribution < -0.4 is 5.84 Å². The lowest BCUT2D eigenvalue weighted by Gasteiger charge is -2.22. The zero-order chi connectivity index (χ0) is 10.1. The molecule has 0 fully saturated rings. The van der Waals surface area contributed by atoms with Gasteiger partial charge in [0.25, 0.3) is 0 Å². The average Bonchev–Trinajstić information content (AvgIpc) is 2.16. The number of aliphatic hydroxyl groups excluding tert-OH is 1. The van der Waals surface area contributed by atoms with Crippen LogP contribution >= 0.6 is 15.9 Å². The Labute approximate surface area is 90.8 Å². The molecular weight excluding hydrogens is 244 g/mol. The molecule has 1 aliphatic rings. The molecule has 0 aliphatic heterocycles. The quantitative estimate of drug-likeness (QED) is 0.541. The van der Waals surface area contributed by atoms with E-state index in [0.29, 0.717) is 18.6 Å². The van der Waals surface area contributed by atoms with Gasteiger partial charge in [-0.2, -0.15) is 5.10 Å². The van der Waals surface area contributed by atoms with Crippen molar-refractivity contribution in [3.63, 3.8) is 0 Å². The van der Waals surface area contributed by atoms with Gasteiger partial charge in [0.15, 0.2) is 0 Å². The van der Waals surface area contributed by atoms with Crippen molar-refractivity contribution in [3.8, 4) is 0 Å². The molecule has 0 bridgehead atoms. The van der Waals surface area contributed by atoms with Crippen molar-refractivity contribution in [3.05, 3.63) is 33.8 Å². The highest BCUT2D eigenvalue weighted by molar-refractivity contribution is 9.10. The summed E-state index contributed by atoms with van der Waals surface area (Å²) in [5, 5.41) is 13.3. The van der Waals surface area contributed by atoms with E-state index in [9.17, 15) is 5.11 Å². The van der Waals surface area contributed by atoms with Crippen LogP contribution in [0.25, 0.3) is 0 Å². The van der Waals surface area contributed by atoms with Crippen LogP contribution in [0.15, 0.2) is 27.8 Å². The molecule has 3 N–H and O–H groups in total. The maximum Gasteiger partial charge on any atom is 0.0982 e. The Morgan fingerprint density at radius 3 is 2.93 bits per heavy atom. The first kappa shape index (κ1) is 9.68. The summed E-state index contributed by atoms with van der Waals surface area (Å²) in [6.07, 6.45) is 0.729. The number of hydrogen-bond donors (Lipinski definition) is 2. The van der Waals surface area contributed by atoms with Crippen LogP contribution in [0.1, 0.15) is 11.1 Å². The van der Waals surface area contributed by atoms with Gasteiger partial charge in [0.05, 0.1) is 11.8 Å². The molecule has 0 aromatic heterocycles. The average molecular weight is 255 g/mol. The molecule has 0 heterocycles. The van der Waals surface area contributed by atoms with Gasteiger partial charge < -0.3 is 10.9 Å². The first-order valence-electron chi connectivity index (χ1n) is 4.42. The van der Waals surface area contributed by atoms with Crippen LogP contribution in [-0.2, 0) is 12.8 Å². The lowest BCUT2D eigenvalue weighted by Crippen LogP contribution is -2.31. The molecule has 74 valence electrons. The lowest BCUT2D eigenvalue weighted by molar-refractivity contribution is 0.236. The summed E-state index contributed by atoms with van der Waals surface area (Å²) in [5.41, 5.74) is 3.03. The fraction of sp³-hybridized carbons (Fsp3) is 0.300. The van der Waals surface area contributed by atoms with E-state index < -0.39 is 6.10 Å². The van der Waals surface area contributed by atoms with Crippen LogP contribution in [0, 0.1) is 0 Å². The highest BCUT2D eigenvalue weighted by atomic mass is 79.9. The summed E-state index contributed by atoms with van der Waals surface area (Å²) in [4.78, 5) is 0. The third-order valence-electron chi connectivity index (χ3n) is 2.50. The van der Waals surface area contributed by atoms with Crippen molar-refractivity contribution < 1.29 is 5.11 Å². The molecule has 2 rings (SSSR count). The van der Waals surface area contributed by atoms with Crippen molar-refractivity contribution >= 4 is 21.6 Å². The third kappa shape index (κ3) is 1.67. The second-order valence-corrected chi connectivity index (χ2v) is 4.35. The minimum atomic E-state index is -0.526. The number of aliphatic hydroxyl groups is 1. The highest BCUT2D eigenvalue weighted by Crippen LogP contribution is 2.23. The zero-order valence-electron chi connectivity index (χ0n) is 7.57. The van der Waals surface area contributed by atoms with Crippen molar-refractivity contribution in [1.82, 2.24) is 0 Å². The highest BCUT2D eigenvalue weighted by Gasteiger charge is 2.22. The molecule has 4 heteroatoms. The fourth-order valence-electron chi connectivity index (χ4n) is 1.73. The molecule has 3 nitrogen and oxygen atoms in total. The van der Waals surface area contributed by atoms with Crippen LogP contribution in [-0.4, -0.2) is 16.9 Å². The van der Waals surface area contributed by atoms with Crippen LogP contribution in [0.4, 0.5) is 0 Å². The normalized spacial score (nSPS) is 23.6. The second kappa shape index (κ2) is 3.71. The zero-order valence-corrected chi connectivity index (χ0v) is 9.16. The summed E-state index contributed by atoms with van der Waals surface area (Å²) in [7, 11) is 0. The monoisotopic (exact) mass is 254 g/mol. The Morgan fingerprint density at radius 2 is 2.21 bits per heavy atom. The van der Waals surface area contributed by atoms with Gasteiger partial charge in [0.1, 0.15) is 0 Å². The number of rotatable bonds is 0. The van der Waals surface area contributed by atoms with E-state index in [1.165, 1.54) is 11.1 Å². The fourth-order valence-corrected chi connectivity index (χ4v) is 2.14. The van der Waals surface area contributed by atoms with Crippen LogP contribution in [0.3, 0.4) is 0 Å². The maximum absolute atomic E-state index is 9.68. The van der Waals surface area contributed by atoms with Gasteiger partial charge in [-0.3, -0.25) is 0 Å². The first-order valence-corrected chi connectivity index (χ1v) is 5.22. The van der Waals surface area contributed by atoms with E-state index in [4.69, 9.17) is 5.84 Å². The standard InChI is InChI=1S/C10H11BrN2O/c11-8-2-1-6-4-9(13-12)10(14)5-7(6)3-8/h1-3,10,14H,4-5,12H2. The van der Waals surface area contributed by atoms with Crippen molar-refractivity contribution in [2.75, 3.05) is 0 Å². The number of halogens is 1. The molecule has 1 unspecified atom stereocenters. The topological polar surface area (TPSA) is 58.6 Å². The molecule has 1 aromatic rings. The largest absolute Gasteiger partial charge is 0.387 e. The SMILES string of the molecule is NN=C1Cc2ccc(Br)cc2CC1O. The Morgan fingerprint density at radius 1 is 1.43 bits per heavy atom. The number of hydrogen-bond acceptors (Lipinski definition) is 3. The summed E-state index contributed by atoms with van der Waals surface area (Å²) >= 11 is 3.41. The Kier molecular flexibility index (Phi) is 2.56. The minimum absolute atomic E-state index is 0.526. The van der Waals surface area contributed by atoms with E-state index in [2.05, 4.69) is 21.0 Å². The van der Waals surface area contributed by atoms with E-state index in [-0.39, 0.29) is 0 Å². The van der Waals surface area contributed by atoms with Gasteiger partial charge >= 0.3 is 0 Å². The van der Waals surface area contributed by atoms with Crippen molar-refractivity contribution in [2.45, 2.75) is 18.9 Å². The summed E-state index contributed by atoms with van der Waals surface area (Å²) in [5.74, 6) is 5.20. The summed E-state index contributed by atoms with van der Waals surface area (Å²) in [6, 6.07) is 6.06. The van der Waals surface area contributed by atoms with E-state index in [1.807, 2.05) is 18.2 Å². The molecular formula is C10H11BrN2O. The molecule has 1 atom stereocenters. The maximum atomic E-state index is 9.68. The number of fused-ring (bicyclic) bond motifs is 1. The molecule has 0 spiro atoms. The predicted octanol–water partition coefficient (Wildman–Crippen LogP) is 1.22. The third-order valence-corrected chi connectivity index (χ3v) is 3.00. The summed E-state index contributed by atoms with van der Waals surface area (Å²) < 4.78 is 1.04. The summed E-state index contributed by atoms with van der Waals surface area (Å²) in [6.45, 7) is 0. The molecule has 1 aliphatic carbocycles. The number of nitrogens with zero attached hydrogens (tertiary/aromatic N) is 1. The molecule has 0 saturated heterocycles. The Hall–Kier alpha value is -0.870. The Balaban J connectivity index is 2.40. The predicted molar refractivity (Wildman–Crippen MR) is 59.2 cm³/mol. The van der Waals surface area contributed by atoms with Gasteiger partial charge in [-0.05, 0) is 23.3 Å². The van der Waals surface area contributed by atoms with Gasteiger partial charge in [-0.15, -0.1) is 0 Å². The van der Waals surface area contributed by atoms with Gasteiger partial charge in [0.2, 0.25) is 0 Å². The number of nitrogens with two attached hydrogens (primary N) is 1. The van der Waals surface area contributed by atoms with Gasteiger partial charge in [-0.1, -0.05) is 22.0 Å². The van der Waals surface area contributed by atoms with E-state index in [1.54, 1.807) is 0 Å². The molecule has 0 radical (unpaired) electrons. The Bertz CT molecular complexity index is 390. The molecule has 0 amide bonds. The van der Waals surface area contributed by atoms with Crippen molar-refractivity contribution in [1.29, 1.82) is 0 Å². The molecule has 0 saturated carbocycles. The van der Waals surface area contributed by atoms with Crippen molar-refractivity contribution in [2.24, 2.45) is 10.9 Å². The molecule has 1 aromatic carbocycles. The lowest BCUT2D eigenvalue weighted by atomic mass is 9.88. The number of hydrazone groups is 1. The van der Waals surface area contributed by atoms with Crippen LogP contribution in [0.2, 0.25) is 0 Å². The van der Waals surface area contributed by atoms with E-state index >= 15 is 0 Å². The first-order chi connectivity index (χ1) is 6.70. The van der Waals surface area contributed by atoms with Gasteiger partial charge in [0, 0.05) is 17.3 Å². The van der Waals surface area contributed by atoms with E-state index in [0.717, 1.165) is 4.47 Å². The number of benzene rings is 1. The molecule has 14 heavy (non-hydrogen) atoms.